The lowest BCUT2D eigenvalue weighted by atomic mass is 9.95. The van der Waals surface area contributed by atoms with Gasteiger partial charge in [0.2, 0.25) is 0 Å². The van der Waals surface area contributed by atoms with Gasteiger partial charge >= 0.3 is 0 Å². The fourth-order valence-corrected chi connectivity index (χ4v) is 3.66. The number of hydrogen-bond donors (Lipinski definition) is 2. The molecule has 0 radical (unpaired) electrons. The third-order valence-corrected chi connectivity index (χ3v) is 4.88. The zero-order valence-corrected chi connectivity index (χ0v) is 11.8. The number of rotatable bonds is 5. The molecule has 3 unspecified atom stereocenters. The molecular formula is C14H28N2O2. The molecule has 0 spiro atoms. The van der Waals surface area contributed by atoms with Gasteiger partial charge in [0.25, 0.3) is 0 Å². The average Bonchev–Trinajstić information content (AvgIpc) is 2.85. The molecule has 4 nitrogen and oxygen atoms in total. The van der Waals surface area contributed by atoms with Gasteiger partial charge in [-0.15, -0.1) is 0 Å². The second kappa shape index (κ2) is 6.33. The number of ether oxygens (including phenoxy) is 1. The molecule has 0 aromatic heterocycles. The van der Waals surface area contributed by atoms with Crippen LogP contribution in [0.1, 0.15) is 32.1 Å². The minimum atomic E-state index is -0.0289. The highest BCUT2D eigenvalue weighted by Crippen LogP contribution is 2.34. The molecule has 2 N–H and O–H groups in total. The van der Waals surface area contributed by atoms with E-state index in [1.807, 2.05) is 7.05 Å². The number of aliphatic hydroxyl groups is 1. The van der Waals surface area contributed by atoms with Crippen molar-refractivity contribution in [2.75, 3.05) is 40.5 Å². The average molecular weight is 256 g/mol. The lowest BCUT2D eigenvalue weighted by Crippen LogP contribution is -2.48. The van der Waals surface area contributed by atoms with Gasteiger partial charge in [-0.25, -0.2) is 0 Å². The van der Waals surface area contributed by atoms with Crippen LogP contribution in [0.4, 0.5) is 0 Å². The first-order chi connectivity index (χ1) is 8.73. The molecule has 2 rings (SSSR count). The molecule has 0 amide bonds. The van der Waals surface area contributed by atoms with E-state index < -0.39 is 0 Å². The summed E-state index contributed by atoms with van der Waals surface area (Å²) in [6.45, 7) is 3.54. The molecule has 0 bridgehead atoms. The van der Waals surface area contributed by atoms with Crippen molar-refractivity contribution in [3.63, 3.8) is 0 Å². The van der Waals surface area contributed by atoms with Gasteiger partial charge in [-0.3, -0.25) is 4.90 Å². The van der Waals surface area contributed by atoms with Gasteiger partial charge in [0, 0.05) is 25.2 Å². The predicted molar refractivity (Wildman–Crippen MR) is 72.7 cm³/mol. The molecule has 4 heteroatoms. The number of aliphatic hydroxyl groups excluding tert-OH is 1. The summed E-state index contributed by atoms with van der Waals surface area (Å²) in [5.41, 5.74) is -0.0289. The molecule has 1 heterocycles. The summed E-state index contributed by atoms with van der Waals surface area (Å²) < 4.78 is 5.30. The topological polar surface area (TPSA) is 44.7 Å². The van der Waals surface area contributed by atoms with Crippen LogP contribution in [0.5, 0.6) is 0 Å². The Hall–Kier alpha value is -0.160. The van der Waals surface area contributed by atoms with E-state index >= 15 is 0 Å². The van der Waals surface area contributed by atoms with Gasteiger partial charge in [-0.05, 0) is 51.6 Å². The number of hydrogen-bond acceptors (Lipinski definition) is 4. The molecule has 0 aromatic carbocycles. The van der Waals surface area contributed by atoms with Gasteiger partial charge in [-0.1, -0.05) is 0 Å². The van der Waals surface area contributed by atoms with Crippen molar-refractivity contribution in [2.24, 2.45) is 5.92 Å². The Morgan fingerprint density at radius 3 is 2.89 bits per heavy atom. The third-order valence-electron chi connectivity index (χ3n) is 4.88. The fraction of sp³-hybridized carbons (Fsp3) is 1.00. The first-order valence-electron chi connectivity index (χ1n) is 7.26. The number of methoxy groups -OCH3 is 1. The van der Waals surface area contributed by atoms with E-state index in [0.717, 1.165) is 19.4 Å². The van der Waals surface area contributed by atoms with E-state index in [0.29, 0.717) is 12.0 Å². The van der Waals surface area contributed by atoms with Gasteiger partial charge in [-0.2, -0.15) is 0 Å². The van der Waals surface area contributed by atoms with Crippen LogP contribution in [0.2, 0.25) is 0 Å². The summed E-state index contributed by atoms with van der Waals surface area (Å²) in [6.07, 6.45) is 5.97. The smallest absolute Gasteiger partial charge is 0.0613 e. The van der Waals surface area contributed by atoms with Crippen LogP contribution < -0.4 is 5.32 Å². The predicted octanol–water partition coefficient (Wildman–Crippen LogP) is 0.848. The summed E-state index contributed by atoms with van der Waals surface area (Å²) in [5.74, 6) is 0.697. The quantitative estimate of drug-likeness (QED) is 0.765. The molecule has 3 atom stereocenters. The van der Waals surface area contributed by atoms with E-state index in [1.165, 1.54) is 32.4 Å². The molecule has 1 saturated carbocycles. The molecule has 1 saturated heterocycles. The monoisotopic (exact) mass is 256 g/mol. The minimum Gasteiger partial charge on any atom is -0.394 e. The maximum Gasteiger partial charge on any atom is 0.0613 e. The highest BCUT2D eigenvalue weighted by atomic mass is 16.5. The summed E-state index contributed by atoms with van der Waals surface area (Å²) >= 11 is 0. The number of likely N-dealkylation sites (N-methyl/N-ethyl adjacent to an activating group) is 1. The first kappa shape index (κ1) is 14.3. The molecule has 18 heavy (non-hydrogen) atoms. The number of nitrogens with zero attached hydrogens (tertiary/aromatic N) is 1. The molecule has 2 fully saturated rings. The van der Waals surface area contributed by atoms with E-state index in [9.17, 15) is 5.11 Å². The summed E-state index contributed by atoms with van der Waals surface area (Å²) in [7, 11) is 3.77. The Kier molecular flexibility index (Phi) is 5.01. The van der Waals surface area contributed by atoms with E-state index in [-0.39, 0.29) is 12.1 Å². The zero-order chi connectivity index (χ0) is 13.0. The van der Waals surface area contributed by atoms with Crippen LogP contribution in [-0.2, 0) is 4.74 Å². The second-order valence-electron chi connectivity index (χ2n) is 6.04. The molecular weight excluding hydrogens is 228 g/mol. The molecule has 1 aliphatic heterocycles. The van der Waals surface area contributed by atoms with Crippen LogP contribution >= 0.6 is 0 Å². The Morgan fingerprint density at radius 2 is 2.28 bits per heavy atom. The van der Waals surface area contributed by atoms with Crippen molar-refractivity contribution in [1.29, 1.82) is 0 Å². The van der Waals surface area contributed by atoms with E-state index in [1.54, 1.807) is 7.11 Å². The van der Waals surface area contributed by atoms with Crippen molar-refractivity contribution < 1.29 is 9.84 Å². The van der Waals surface area contributed by atoms with Crippen LogP contribution in [0.25, 0.3) is 0 Å². The Bertz CT molecular complexity index is 254. The fourth-order valence-electron chi connectivity index (χ4n) is 3.66. The number of likely N-dealkylation sites (tertiary alicyclic amines) is 1. The number of piperidine rings is 1. The number of nitrogens with one attached hydrogen (secondary N) is 1. The molecule has 0 aromatic rings. The first-order valence-corrected chi connectivity index (χ1v) is 7.26. The van der Waals surface area contributed by atoms with Gasteiger partial charge in [0.1, 0.15) is 0 Å². The summed E-state index contributed by atoms with van der Waals surface area (Å²) in [4.78, 5) is 2.63. The van der Waals surface area contributed by atoms with Gasteiger partial charge in [0.05, 0.1) is 13.2 Å². The van der Waals surface area contributed by atoms with E-state index in [4.69, 9.17) is 4.74 Å². The Labute approximate surface area is 111 Å². The van der Waals surface area contributed by atoms with Crippen molar-refractivity contribution in [3.8, 4) is 0 Å². The Balaban J connectivity index is 1.88. The largest absolute Gasteiger partial charge is 0.394 e. The lowest BCUT2D eigenvalue weighted by Gasteiger charge is -2.37. The third kappa shape index (κ3) is 3.05. The maximum atomic E-state index is 9.57. The van der Waals surface area contributed by atoms with Gasteiger partial charge < -0.3 is 15.2 Å². The molecule has 1 aliphatic carbocycles. The lowest BCUT2D eigenvalue weighted by molar-refractivity contribution is 0.0649. The second-order valence-corrected chi connectivity index (χ2v) is 6.04. The van der Waals surface area contributed by atoms with Gasteiger partial charge in [0.15, 0.2) is 0 Å². The summed E-state index contributed by atoms with van der Waals surface area (Å²) in [5, 5.41) is 12.9. The maximum absolute atomic E-state index is 9.57. The van der Waals surface area contributed by atoms with Crippen molar-refractivity contribution >= 4 is 0 Å². The van der Waals surface area contributed by atoms with E-state index in [2.05, 4.69) is 10.2 Å². The van der Waals surface area contributed by atoms with Crippen LogP contribution in [0.15, 0.2) is 0 Å². The van der Waals surface area contributed by atoms with Crippen molar-refractivity contribution in [2.45, 2.75) is 43.7 Å². The van der Waals surface area contributed by atoms with Crippen LogP contribution in [0, 0.1) is 5.92 Å². The SMILES string of the molecule is CNC1(CO)CCC(N2CCCC(COC)C2)C1. The summed E-state index contributed by atoms with van der Waals surface area (Å²) in [6, 6.07) is 0.643. The zero-order valence-electron chi connectivity index (χ0n) is 11.8. The highest BCUT2D eigenvalue weighted by Gasteiger charge is 2.40. The molecule has 2 aliphatic rings. The highest BCUT2D eigenvalue weighted by molar-refractivity contribution is 4.99. The molecule has 106 valence electrons. The normalized spacial score (nSPS) is 38.2. The Morgan fingerprint density at radius 1 is 1.44 bits per heavy atom. The van der Waals surface area contributed by atoms with Crippen molar-refractivity contribution in [1.82, 2.24) is 10.2 Å². The van der Waals surface area contributed by atoms with Crippen LogP contribution in [0.3, 0.4) is 0 Å². The van der Waals surface area contributed by atoms with Crippen molar-refractivity contribution in [3.05, 3.63) is 0 Å². The minimum absolute atomic E-state index is 0.0289. The standard InChI is InChI=1S/C14H28N2O2/c1-15-14(11-17)6-5-13(8-14)16-7-3-4-12(9-16)10-18-2/h12-13,15,17H,3-11H2,1-2H3. The van der Waals surface area contributed by atoms with Crippen LogP contribution in [-0.4, -0.2) is 62.0 Å².